The normalized spacial score (nSPS) is 10.6. The number of hydrogen-bond acceptors (Lipinski definition) is 5. The number of pyridine rings is 1. The summed E-state index contributed by atoms with van der Waals surface area (Å²) in [6.07, 6.45) is 1.60. The first kappa shape index (κ1) is 19.6. The van der Waals surface area contributed by atoms with E-state index in [0.29, 0.717) is 33.7 Å². The van der Waals surface area contributed by atoms with Gasteiger partial charge in [0.15, 0.2) is 5.13 Å². The molecule has 1 N–H and O–H groups in total. The lowest BCUT2D eigenvalue weighted by Gasteiger charge is -2.06. The Morgan fingerprint density at radius 3 is 2.43 bits per heavy atom. The molecular weight excluding hydrogens is 398 g/mol. The Labute approximate surface area is 177 Å². The first-order valence-corrected chi connectivity index (χ1v) is 10.2. The van der Waals surface area contributed by atoms with Gasteiger partial charge in [0.2, 0.25) is 0 Å². The van der Waals surface area contributed by atoms with Crippen LogP contribution in [0.1, 0.15) is 20.9 Å². The molecule has 150 valence electrons. The molecule has 2 aromatic carbocycles. The lowest BCUT2D eigenvalue weighted by molar-refractivity contribution is 0.0954. The lowest BCUT2D eigenvalue weighted by atomic mass is 10.2. The van der Waals surface area contributed by atoms with Crippen LogP contribution in [0, 0.1) is 6.92 Å². The summed E-state index contributed by atoms with van der Waals surface area (Å²) in [5, 5.41) is 3.33. The van der Waals surface area contributed by atoms with Gasteiger partial charge in [-0.2, -0.15) is 0 Å². The maximum Gasteiger partial charge on any atom is 0.263 e. The zero-order chi connectivity index (χ0) is 20.9. The van der Waals surface area contributed by atoms with E-state index >= 15 is 0 Å². The van der Waals surface area contributed by atoms with Crippen LogP contribution in [0.25, 0.3) is 5.13 Å². The summed E-state index contributed by atoms with van der Waals surface area (Å²) in [6.45, 7) is 2.19. The monoisotopic (exact) mass is 417 g/mol. The Balaban J connectivity index is 1.51. The third kappa shape index (κ3) is 4.47. The number of aryl methyl sites for hydroxylation is 1. The van der Waals surface area contributed by atoms with Crippen molar-refractivity contribution < 1.29 is 9.53 Å². The fraction of sp³-hybridized carbons (Fsp3) is 0.0870. The Kier molecular flexibility index (Phi) is 5.72. The van der Waals surface area contributed by atoms with E-state index in [2.05, 4.69) is 10.3 Å². The molecular formula is C23H19N3O3S. The number of nitrogens with one attached hydrogen (secondary N) is 1. The molecule has 0 fully saturated rings. The van der Waals surface area contributed by atoms with Crippen LogP contribution < -0.4 is 15.6 Å². The average Bonchev–Trinajstić information content (AvgIpc) is 3.15. The molecule has 2 heterocycles. The number of nitrogens with zero attached hydrogens (tertiary/aromatic N) is 2. The smallest absolute Gasteiger partial charge is 0.263 e. The molecule has 0 unspecified atom stereocenters. The van der Waals surface area contributed by atoms with Gasteiger partial charge >= 0.3 is 0 Å². The minimum absolute atomic E-state index is 0.211. The zero-order valence-corrected chi connectivity index (χ0v) is 17.1. The highest BCUT2D eigenvalue weighted by Gasteiger charge is 2.17. The van der Waals surface area contributed by atoms with E-state index in [1.54, 1.807) is 19.2 Å². The summed E-state index contributed by atoms with van der Waals surface area (Å²) in [5.41, 5.74) is 1.31. The third-order valence-corrected chi connectivity index (χ3v) is 5.52. The van der Waals surface area contributed by atoms with E-state index < -0.39 is 0 Å². The average molecular weight is 417 g/mol. The molecule has 0 saturated carbocycles. The van der Waals surface area contributed by atoms with Gasteiger partial charge in [-0.25, -0.2) is 4.98 Å². The highest BCUT2D eigenvalue weighted by Crippen LogP contribution is 2.23. The topological polar surface area (TPSA) is 73.2 Å². The molecule has 0 radical (unpaired) electrons. The number of hydrogen-bond donors (Lipinski definition) is 1. The number of rotatable bonds is 6. The first-order valence-electron chi connectivity index (χ1n) is 9.36. The molecule has 2 aromatic heterocycles. The van der Waals surface area contributed by atoms with Gasteiger partial charge in [0, 0.05) is 18.8 Å². The maximum absolute atomic E-state index is 12.6. The van der Waals surface area contributed by atoms with Crippen molar-refractivity contribution >= 4 is 17.2 Å². The SMILES string of the molecule is Cc1nc(-n2ccc(Oc3ccccc3)cc2=O)sc1C(=O)NCc1ccccc1. The first-order chi connectivity index (χ1) is 14.6. The molecule has 6 nitrogen and oxygen atoms in total. The summed E-state index contributed by atoms with van der Waals surface area (Å²) in [5.74, 6) is 0.880. The molecule has 0 aliphatic carbocycles. The van der Waals surface area contributed by atoms with Crippen LogP contribution in [0.4, 0.5) is 0 Å². The maximum atomic E-state index is 12.6. The van der Waals surface area contributed by atoms with Gasteiger partial charge in [0.1, 0.15) is 16.4 Å². The Morgan fingerprint density at radius 2 is 1.73 bits per heavy atom. The predicted octanol–water partition coefficient (Wildman–Crippen LogP) is 4.32. The fourth-order valence-corrected chi connectivity index (χ4v) is 3.83. The van der Waals surface area contributed by atoms with Gasteiger partial charge in [-0.1, -0.05) is 59.9 Å². The summed E-state index contributed by atoms with van der Waals surface area (Å²) in [7, 11) is 0. The summed E-state index contributed by atoms with van der Waals surface area (Å²) < 4.78 is 7.10. The van der Waals surface area contributed by atoms with Crippen LogP contribution in [0.2, 0.25) is 0 Å². The minimum Gasteiger partial charge on any atom is -0.457 e. The molecule has 1 amide bonds. The molecule has 0 atom stereocenters. The number of amides is 1. The number of carbonyl (C=O) groups is 1. The second-order valence-electron chi connectivity index (χ2n) is 6.57. The fourth-order valence-electron chi connectivity index (χ4n) is 2.86. The standard InChI is InChI=1S/C23H19N3O3S/c1-16-21(22(28)24-15-17-8-4-2-5-9-17)30-23(25-16)26-13-12-19(14-20(26)27)29-18-10-6-3-7-11-18/h2-14H,15H2,1H3,(H,24,28). The molecule has 0 bridgehead atoms. The van der Waals surface area contributed by atoms with Crippen molar-refractivity contribution in [2.75, 3.05) is 0 Å². The van der Waals surface area contributed by atoms with E-state index in [1.807, 2.05) is 60.7 Å². The minimum atomic E-state index is -0.284. The van der Waals surface area contributed by atoms with Crippen molar-refractivity contribution in [1.29, 1.82) is 0 Å². The number of aromatic nitrogens is 2. The molecule has 0 saturated heterocycles. The summed E-state index contributed by atoms with van der Waals surface area (Å²) in [4.78, 5) is 30.1. The molecule has 0 aliphatic heterocycles. The molecule has 4 aromatic rings. The molecule has 30 heavy (non-hydrogen) atoms. The predicted molar refractivity (Wildman–Crippen MR) is 117 cm³/mol. The Hall–Kier alpha value is -3.71. The van der Waals surface area contributed by atoms with Crippen molar-refractivity contribution in [2.45, 2.75) is 13.5 Å². The number of para-hydroxylation sites is 1. The van der Waals surface area contributed by atoms with Crippen LogP contribution in [0.15, 0.2) is 83.8 Å². The van der Waals surface area contributed by atoms with Crippen LogP contribution in [-0.4, -0.2) is 15.5 Å². The van der Waals surface area contributed by atoms with Gasteiger partial charge in [-0.3, -0.25) is 14.2 Å². The van der Waals surface area contributed by atoms with Crippen LogP contribution in [0.3, 0.4) is 0 Å². The molecule has 7 heteroatoms. The van der Waals surface area contributed by atoms with Gasteiger partial charge < -0.3 is 10.1 Å². The number of ether oxygens (including phenoxy) is 1. The van der Waals surface area contributed by atoms with Crippen LogP contribution in [0.5, 0.6) is 11.5 Å². The Bertz CT molecular complexity index is 1220. The Morgan fingerprint density at radius 1 is 1.03 bits per heavy atom. The third-order valence-electron chi connectivity index (χ3n) is 4.36. The number of benzene rings is 2. The van der Waals surface area contributed by atoms with Crippen molar-refractivity contribution in [3.63, 3.8) is 0 Å². The van der Waals surface area contributed by atoms with Crippen LogP contribution in [-0.2, 0) is 6.54 Å². The quantitative estimate of drug-likeness (QED) is 0.507. The highest BCUT2D eigenvalue weighted by molar-refractivity contribution is 7.16. The second kappa shape index (κ2) is 8.75. The summed E-state index contributed by atoms with van der Waals surface area (Å²) in [6, 6.07) is 22.0. The van der Waals surface area contributed by atoms with E-state index in [0.717, 1.165) is 5.56 Å². The van der Waals surface area contributed by atoms with E-state index in [-0.39, 0.29) is 11.5 Å². The number of thiazole rings is 1. The second-order valence-corrected chi connectivity index (χ2v) is 7.54. The van der Waals surface area contributed by atoms with Gasteiger partial charge in [-0.05, 0) is 30.7 Å². The van der Waals surface area contributed by atoms with Gasteiger partial charge in [0.05, 0.1) is 5.69 Å². The molecule has 0 aliphatic rings. The van der Waals surface area contributed by atoms with Gasteiger partial charge in [0.25, 0.3) is 11.5 Å². The zero-order valence-electron chi connectivity index (χ0n) is 16.2. The largest absolute Gasteiger partial charge is 0.457 e. The molecule has 0 spiro atoms. The molecule has 4 rings (SSSR count). The lowest BCUT2D eigenvalue weighted by Crippen LogP contribution is -2.22. The highest BCUT2D eigenvalue weighted by atomic mass is 32.1. The van der Waals surface area contributed by atoms with E-state index in [4.69, 9.17) is 4.74 Å². The summed E-state index contributed by atoms with van der Waals surface area (Å²) >= 11 is 1.18. The van der Waals surface area contributed by atoms with Gasteiger partial charge in [-0.15, -0.1) is 0 Å². The van der Waals surface area contributed by atoms with Crippen molar-refractivity contribution in [3.8, 4) is 16.6 Å². The van der Waals surface area contributed by atoms with Crippen molar-refractivity contribution in [2.24, 2.45) is 0 Å². The van der Waals surface area contributed by atoms with Crippen molar-refractivity contribution in [3.05, 3.63) is 105 Å². The van der Waals surface area contributed by atoms with E-state index in [1.165, 1.54) is 22.0 Å². The van der Waals surface area contributed by atoms with E-state index in [9.17, 15) is 9.59 Å². The van der Waals surface area contributed by atoms with Crippen LogP contribution >= 0.6 is 11.3 Å². The number of carbonyl (C=O) groups excluding carboxylic acids is 1. The van der Waals surface area contributed by atoms with Crippen molar-refractivity contribution in [1.82, 2.24) is 14.9 Å².